The molecular formula is C24H29N3O4S. The molecule has 2 heterocycles. The van der Waals surface area contributed by atoms with Crippen molar-refractivity contribution < 1.29 is 19.1 Å². The number of hydrogen-bond donors (Lipinski definition) is 1. The summed E-state index contributed by atoms with van der Waals surface area (Å²) < 4.78 is 5.30. The number of anilines is 1. The van der Waals surface area contributed by atoms with Crippen molar-refractivity contribution in [2.24, 2.45) is 5.92 Å². The van der Waals surface area contributed by atoms with E-state index in [9.17, 15) is 14.4 Å². The second-order valence-corrected chi connectivity index (χ2v) is 9.47. The maximum Gasteiger partial charge on any atom is 0.341 e. The quantitative estimate of drug-likeness (QED) is 0.648. The monoisotopic (exact) mass is 455 g/mol. The van der Waals surface area contributed by atoms with Crippen molar-refractivity contribution in [3.63, 3.8) is 0 Å². The Bertz CT molecular complexity index is 992. The highest BCUT2D eigenvalue weighted by molar-refractivity contribution is 7.17. The Morgan fingerprint density at radius 3 is 2.41 bits per heavy atom. The van der Waals surface area contributed by atoms with Crippen molar-refractivity contribution in [3.8, 4) is 11.1 Å². The smallest absolute Gasteiger partial charge is 0.341 e. The lowest BCUT2D eigenvalue weighted by Gasteiger charge is -2.34. The highest BCUT2D eigenvalue weighted by Crippen LogP contribution is 2.40. The fourth-order valence-electron chi connectivity index (χ4n) is 4.07. The molecule has 8 heteroatoms. The van der Waals surface area contributed by atoms with E-state index < -0.39 is 5.97 Å². The van der Waals surface area contributed by atoms with Crippen LogP contribution in [0.3, 0.4) is 0 Å². The van der Waals surface area contributed by atoms with Gasteiger partial charge in [-0.3, -0.25) is 14.5 Å². The molecule has 0 spiro atoms. The van der Waals surface area contributed by atoms with Crippen LogP contribution in [0.1, 0.15) is 35.0 Å². The summed E-state index contributed by atoms with van der Waals surface area (Å²) in [7, 11) is 0. The van der Waals surface area contributed by atoms with Crippen molar-refractivity contribution in [1.82, 2.24) is 9.80 Å². The number of rotatable bonds is 7. The molecule has 4 rings (SSSR count). The molecule has 0 radical (unpaired) electrons. The Balaban J connectivity index is 1.44. The van der Waals surface area contributed by atoms with Gasteiger partial charge in [0.2, 0.25) is 11.8 Å². The number of amides is 2. The summed E-state index contributed by atoms with van der Waals surface area (Å²) in [5, 5.41) is 3.47. The molecule has 0 unspecified atom stereocenters. The van der Waals surface area contributed by atoms with E-state index in [1.54, 1.807) is 6.92 Å². The molecule has 170 valence electrons. The summed E-state index contributed by atoms with van der Waals surface area (Å²) in [5.41, 5.74) is 2.13. The average Bonchev–Trinajstić information content (AvgIpc) is 3.58. The van der Waals surface area contributed by atoms with Crippen LogP contribution >= 0.6 is 11.3 Å². The van der Waals surface area contributed by atoms with E-state index in [0.29, 0.717) is 36.7 Å². The van der Waals surface area contributed by atoms with Crippen LogP contribution in [0.4, 0.5) is 5.00 Å². The first-order valence-corrected chi connectivity index (χ1v) is 12.0. The van der Waals surface area contributed by atoms with Gasteiger partial charge in [-0.2, -0.15) is 0 Å². The molecule has 7 nitrogen and oxygen atoms in total. The van der Waals surface area contributed by atoms with E-state index in [1.807, 2.05) is 42.2 Å². The number of thiophene rings is 1. The number of esters is 1. The van der Waals surface area contributed by atoms with Crippen LogP contribution in [0, 0.1) is 12.8 Å². The summed E-state index contributed by atoms with van der Waals surface area (Å²) in [6.07, 6.45) is 2.02. The van der Waals surface area contributed by atoms with E-state index in [1.165, 1.54) is 11.3 Å². The third kappa shape index (κ3) is 5.02. The number of nitrogens with one attached hydrogen (secondary N) is 1. The molecular weight excluding hydrogens is 426 g/mol. The fraction of sp³-hybridized carbons (Fsp3) is 0.458. The van der Waals surface area contributed by atoms with Crippen LogP contribution in [-0.2, 0) is 14.3 Å². The summed E-state index contributed by atoms with van der Waals surface area (Å²) in [4.78, 5) is 42.7. The first kappa shape index (κ1) is 22.5. The zero-order valence-corrected chi connectivity index (χ0v) is 19.4. The number of carbonyl (C=O) groups is 3. The molecule has 0 bridgehead atoms. The minimum absolute atomic E-state index is 0.168. The lowest BCUT2D eigenvalue weighted by molar-refractivity contribution is -0.134. The predicted octanol–water partition coefficient (Wildman–Crippen LogP) is 3.39. The lowest BCUT2D eigenvalue weighted by atomic mass is 10.0. The SMILES string of the molecule is CCOC(=O)c1c(NC(=O)CN2CCN(C(=O)C3CC3)CC2)sc(C)c1-c1ccccc1. The first-order valence-electron chi connectivity index (χ1n) is 11.1. The van der Waals surface area contributed by atoms with E-state index in [4.69, 9.17) is 4.74 Å². The summed E-state index contributed by atoms with van der Waals surface area (Å²) >= 11 is 1.39. The van der Waals surface area contributed by atoms with Gasteiger partial charge in [0.25, 0.3) is 0 Å². The molecule has 1 aliphatic heterocycles. The molecule has 1 saturated heterocycles. The predicted molar refractivity (Wildman–Crippen MR) is 125 cm³/mol. The minimum Gasteiger partial charge on any atom is -0.462 e. The van der Waals surface area contributed by atoms with E-state index in [0.717, 1.165) is 28.8 Å². The highest BCUT2D eigenvalue weighted by Gasteiger charge is 2.35. The molecule has 1 aromatic heterocycles. The molecule has 0 atom stereocenters. The third-order valence-corrected chi connectivity index (χ3v) is 6.88. The van der Waals surface area contributed by atoms with Gasteiger partial charge in [-0.1, -0.05) is 30.3 Å². The molecule has 2 amide bonds. The maximum atomic E-state index is 12.8. The molecule has 2 fully saturated rings. The van der Waals surface area contributed by atoms with Gasteiger partial charge >= 0.3 is 5.97 Å². The standard InChI is InChI=1S/C24H29N3O4S/c1-3-31-24(30)21-20(17-7-5-4-6-8-17)16(2)32-22(21)25-19(28)15-26-11-13-27(14-12-26)23(29)18-9-10-18/h4-8,18H,3,9-15H2,1-2H3,(H,25,28). The number of nitrogens with zero attached hydrogens (tertiary/aromatic N) is 2. The van der Waals surface area contributed by atoms with Gasteiger partial charge in [-0.05, 0) is 32.3 Å². The highest BCUT2D eigenvalue weighted by atomic mass is 32.1. The van der Waals surface area contributed by atoms with Crippen LogP contribution in [0.2, 0.25) is 0 Å². The van der Waals surface area contributed by atoms with Crippen LogP contribution in [-0.4, -0.2) is 66.9 Å². The van der Waals surface area contributed by atoms with Crippen LogP contribution in [0.15, 0.2) is 30.3 Å². The van der Waals surface area contributed by atoms with Gasteiger partial charge in [0.15, 0.2) is 0 Å². The number of ether oxygens (including phenoxy) is 1. The Labute approximate surface area is 192 Å². The number of piperazine rings is 1. The lowest BCUT2D eigenvalue weighted by Crippen LogP contribution is -2.50. The van der Waals surface area contributed by atoms with Crippen molar-refractivity contribution >= 4 is 34.1 Å². The minimum atomic E-state index is -0.432. The Morgan fingerprint density at radius 1 is 1.09 bits per heavy atom. The number of hydrogen-bond acceptors (Lipinski definition) is 6. The van der Waals surface area contributed by atoms with Gasteiger partial charge in [-0.25, -0.2) is 4.79 Å². The van der Waals surface area contributed by atoms with E-state index in [2.05, 4.69) is 10.2 Å². The summed E-state index contributed by atoms with van der Waals surface area (Å²) in [6.45, 7) is 6.88. The second-order valence-electron chi connectivity index (χ2n) is 8.25. The van der Waals surface area contributed by atoms with Gasteiger partial charge in [-0.15, -0.1) is 11.3 Å². The Morgan fingerprint density at radius 2 is 1.78 bits per heavy atom. The fourth-order valence-corrected chi connectivity index (χ4v) is 5.15. The molecule has 1 aromatic carbocycles. The molecule has 2 aliphatic rings. The first-order chi connectivity index (χ1) is 15.5. The number of aryl methyl sites for hydroxylation is 1. The molecule has 2 aromatic rings. The molecule has 1 saturated carbocycles. The van der Waals surface area contributed by atoms with Crippen molar-refractivity contribution in [2.75, 3.05) is 44.6 Å². The van der Waals surface area contributed by atoms with Crippen LogP contribution in [0.5, 0.6) is 0 Å². The molecule has 1 aliphatic carbocycles. The second kappa shape index (κ2) is 9.83. The van der Waals surface area contributed by atoms with Crippen molar-refractivity contribution in [2.45, 2.75) is 26.7 Å². The van der Waals surface area contributed by atoms with Gasteiger partial charge in [0, 0.05) is 42.5 Å². The van der Waals surface area contributed by atoms with Gasteiger partial charge in [0.05, 0.1) is 13.2 Å². The van der Waals surface area contributed by atoms with Crippen LogP contribution in [0.25, 0.3) is 11.1 Å². The maximum absolute atomic E-state index is 12.8. The normalized spacial score (nSPS) is 16.6. The molecule has 1 N–H and O–H groups in total. The zero-order chi connectivity index (χ0) is 22.7. The molecule has 32 heavy (non-hydrogen) atoms. The average molecular weight is 456 g/mol. The van der Waals surface area contributed by atoms with Gasteiger partial charge in [0.1, 0.15) is 10.6 Å². The summed E-state index contributed by atoms with van der Waals surface area (Å²) in [5.74, 6) is -0.112. The zero-order valence-electron chi connectivity index (χ0n) is 18.6. The summed E-state index contributed by atoms with van der Waals surface area (Å²) in [6, 6.07) is 9.67. The Hall–Kier alpha value is -2.71. The third-order valence-electron chi connectivity index (χ3n) is 5.86. The van der Waals surface area contributed by atoms with Gasteiger partial charge < -0.3 is 15.0 Å². The van der Waals surface area contributed by atoms with Crippen molar-refractivity contribution in [3.05, 3.63) is 40.8 Å². The number of carbonyl (C=O) groups excluding carboxylic acids is 3. The van der Waals surface area contributed by atoms with Crippen LogP contribution < -0.4 is 5.32 Å². The number of benzene rings is 1. The topological polar surface area (TPSA) is 79.0 Å². The Kier molecular flexibility index (Phi) is 6.91. The van der Waals surface area contributed by atoms with E-state index in [-0.39, 0.29) is 30.9 Å². The van der Waals surface area contributed by atoms with E-state index >= 15 is 0 Å². The largest absolute Gasteiger partial charge is 0.462 e. The van der Waals surface area contributed by atoms with Crippen molar-refractivity contribution in [1.29, 1.82) is 0 Å².